The van der Waals surface area contributed by atoms with Crippen molar-refractivity contribution >= 4 is 12.0 Å². The minimum Gasteiger partial charge on any atom is -0.465 e. The summed E-state index contributed by atoms with van der Waals surface area (Å²) in [5, 5.41) is 28.9. The monoisotopic (exact) mass is 482 g/mol. The first kappa shape index (κ1) is 24.5. The fourth-order valence-electron chi connectivity index (χ4n) is 2.88. The lowest BCUT2D eigenvalue weighted by Crippen LogP contribution is -2.23. The van der Waals surface area contributed by atoms with Gasteiger partial charge in [-0.2, -0.15) is 0 Å². The number of benzene rings is 1. The molecule has 0 spiro atoms. The summed E-state index contributed by atoms with van der Waals surface area (Å²) >= 11 is 0. The molecule has 34 heavy (non-hydrogen) atoms. The molecular weight excluding hydrogens is 461 g/mol. The number of carboxylic acid groups (broad SMARTS) is 1. The van der Waals surface area contributed by atoms with Gasteiger partial charge in [-0.25, -0.2) is 4.79 Å². The molecule has 0 aliphatic rings. The maximum atomic E-state index is 12.3. The summed E-state index contributed by atoms with van der Waals surface area (Å²) in [7, 11) is 0. The fraction of sp³-hybridized carbons (Fsp3) is 0.368. The summed E-state index contributed by atoms with van der Waals surface area (Å²) in [6.45, 7) is 1.13. The maximum Gasteiger partial charge on any atom is 0.573 e. The third-order valence-electron chi connectivity index (χ3n) is 4.39. The quantitative estimate of drug-likeness (QED) is 0.351. The smallest absolute Gasteiger partial charge is 0.465 e. The van der Waals surface area contributed by atoms with Crippen molar-refractivity contribution in [2.24, 2.45) is 0 Å². The van der Waals surface area contributed by atoms with E-state index in [2.05, 4.69) is 36.0 Å². The van der Waals surface area contributed by atoms with Crippen LogP contribution in [0.3, 0.4) is 0 Å². The van der Waals surface area contributed by atoms with Crippen LogP contribution in [0.4, 0.5) is 18.0 Å². The number of nitrogens with one attached hydrogen (secondary N) is 2. The maximum absolute atomic E-state index is 12.3. The molecule has 0 fully saturated rings. The van der Waals surface area contributed by atoms with E-state index in [0.717, 1.165) is 6.42 Å². The Morgan fingerprint density at radius 3 is 2.41 bits per heavy atom. The van der Waals surface area contributed by atoms with E-state index in [1.807, 2.05) is 0 Å². The third kappa shape index (κ3) is 8.07. The van der Waals surface area contributed by atoms with Gasteiger partial charge in [0.05, 0.1) is 18.9 Å². The Balaban J connectivity index is 1.40. The molecule has 12 nitrogen and oxygen atoms in total. The van der Waals surface area contributed by atoms with Gasteiger partial charge in [-0.3, -0.25) is 14.2 Å². The Kier molecular flexibility index (Phi) is 8.00. The van der Waals surface area contributed by atoms with Crippen LogP contribution < -0.4 is 15.4 Å². The first-order valence-electron chi connectivity index (χ1n) is 10.1. The highest BCUT2D eigenvalue weighted by Crippen LogP contribution is 2.23. The van der Waals surface area contributed by atoms with Crippen LogP contribution in [-0.4, -0.2) is 53.5 Å². The lowest BCUT2D eigenvalue weighted by molar-refractivity contribution is -0.274. The summed E-state index contributed by atoms with van der Waals surface area (Å²) in [6, 6.07) is 5.31. The van der Waals surface area contributed by atoms with Crippen molar-refractivity contribution in [1.82, 2.24) is 40.6 Å². The minimum absolute atomic E-state index is 0.0113. The molecule has 0 unspecified atom stereocenters. The van der Waals surface area contributed by atoms with Crippen LogP contribution in [0.5, 0.6) is 5.75 Å². The molecule has 3 N–H and O–H groups in total. The van der Waals surface area contributed by atoms with E-state index in [1.165, 1.54) is 29.1 Å². The molecule has 0 saturated heterocycles. The average Bonchev–Trinajstić information content (AvgIpc) is 3.42. The molecule has 0 saturated carbocycles. The fourth-order valence-corrected chi connectivity index (χ4v) is 2.88. The molecule has 3 rings (SSSR count). The van der Waals surface area contributed by atoms with Crippen LogP contribution in [0, 0.1) is 0 Å². The zero-order valence-electron chi connectivity index (χ0n) is 17.7. The number of ether oxygens (including phenoxy) is 1. The summed E-state index contributed by atoms with van der Waals surface area (Å²) in [5.41, 5.74) is 1.01. The van der Waals surface area contributed by atoms with E-state index in [-0.39, 0.29) is 24.5 Å². The Morgan fingerprint density at radius 2 is 1.71 bits per heavy atom. The molecule has 0 atom stereocenters. The van der Waals surface area contributed by atoms with Gasteiger partial charge in [0.25, 0.3) is 5.91 Å². The second-order valence-corrected chi connectivity index (χ2v) is 7.08. The number of aryl methyl sites for hydroxylation is 2. The number of hydrogen-bond acceptors (Lipinski definition) is 7. The lowest BCUT2D eigenvalue weighted by Gasteiger charge is -2.10. The minimum atomic E-state index is -4.79. The topological polar surface area (TPSA) is 149 Å². The van der Waals surface area contributed by atoms with Gasteiger partial charge >= 0.3 is 12.5 Å². The molecular formula is C19H21F3N8O4. The van der Waals surface area contributed by atoms with Crippen LogP contribution >= 0.6 is 0 Å². The van der Waals surface area contributed by atoms with Crippen LogP contribution in [0.1, 0.15) is 34.6 Å². The van der Waals surface area contributed by atoms with Crippen LogP contribution in [0.2, 0.25) is 0 Å². The van der Waals surface area contributed by atoms with Gasteiger partial charge in [-0.05, 0) is 30.5 Å². The average molecular weight is 482 g/mol. The van der Waals surface area contributed by atoms with Crippen LogP contribution in [0.15, 0.2) is 36.7 Å². The van der Waals surface area contributed by atoms with Gasteiger partial charge in [0.1, 0.15) is 11.4 Å². The van der Waals surface area contributed by atoms with Crippen molar-refractivity contribution in [2.45, 2.75) is 45.4 Å². The predicted molar refractivity (Wildman–Crippen MR) is 108 cm³/mol. The number of nitrogens with zero attached hydrogens (tertiary/aromatic N) is 6. The second-order valence-electron chi connectivity index (χ2n) is 7.08. The van der Waals surface area contributed by atoms with Crippen molar-refractivity contribution in [3.63, 3.8) is 0 Å². The summed E-state index contributed by atoms with van der Waals surface area (Å²) in [5.74, 6) is -0.886. The number of aromatic nitrogens is 6. The van der Waals surface area contributed by atoms with E-state index in [9.17, 15) is 22.8 Å². The van der Waals surface area contributed by atoms with Crippen molar-refractivity contribution < 1.29 is 32.6 Å². The number of carbonyl (C=O) groups excluding carboxylic acids is 1. The number of halogens is 3. The molecule has 0 radical (unpaired) electrons. The Bertz CT molecular complexity index is 1110. The zero-order valence-corrected chi connectivity index (χ0v) is 17.7. The Labute approximate surface area is 190 Å². The van der Waals surface area contributed by atoms with E-state index < -0.39 is 18.4 Å². The highest BCUT2D eigenvalue weighted by molar-refractivity contribution is 5.91. The highest BCUT2D eigenvalue weighted by atomic mass is 19.4. The number of carbonyl (C=O) groups is 2. The van der Waals surface area contributed by atoms with E-state index in [4.69, 9.17) is 5.11 Å². The predicted octanol–water partition coefficient (Wildman–Crippen LogP) is 1.95. The Morgan fingerprint density at radius 1 is 1.00 bits per heavy atom. The third-order valence-corrected chi connectivity index (χ3v) is 4.39. The lowest BCUT2D eigenvalue weighted by atomic mass is 10.2. The molecule has 182 valence electrons. The molecule has 1 aromatic carbocycles. The molecule has 2 amide bonds. The number of alkyl halides is 3. The van der Waals surface area contributed by atoms with Gasteiger partial charge in [-0.15, -0.1) is 23.4 Å². The SMILES string of the molecule is O=C(O)NCc1cn(CCCCn2cc(C(=O)NCc3cccc(OC(F)(F)F)c3)nn2)nn1. The first-order valence-corrected chi connectivity index (χ1v) is 10.1. The summed E-state index contributed by atoms with van der Waals surface area (Å²) < 4.78 is 44.0. The molecule has 0 bridgehead atoms. The van der Waals surface area contributed by atoms with Gasteiger partial charge in [-0.1, -0.05) is 22.6 Å². The van der Waals surface area contributed by atoms with Crippen molar-refractivity contribution in [1.29, 1.82) is 0 Å². The first-order chi connectivity index (χ1) is 16.2. The molecule has 2 aromatic heterocycles. The number of hydrogen-bond donors (Lipinski definition) is 3. The molecule has 15 heteroatoms. The molecule has 0 aliphatic heterocycles. The molecule has 0 aliphatic carbocycles. The van der Waals surface area contributed by atoms with E-state index in [1.54, 1.807) is 16.9 Å². The van der Waals surface area contributed by atoms with Gasteiger partial charge in [0.2, 0.25) is 0 Å². The number of rotatable bonds is 11. The van der Waals surface area contributed by atoms with Gasteiger partial charge in [0.15, 0.2) is 5.69 Å². The van der Waals surface area contributed by atoms with Crippen LogP contribution in [0.25, 0.3) is 0 Å². The van der Waals surface area contributed by atoms with Crippen molar-refractivity contribution in [3.8, 4) is 5.75 Å². The van der Waals surface area contributed by atoms with Crippen LogP contribution in [-0.2, 0) is 26.2 Å². The Hall–Kier alpha value is -4.17. The second kappa shape index (κ2) is 11.1. The van der Waals surface area contributed by atoms with Gasteiger partial charge < -0.3 is 20.5 Å². The zero-order chi connectivity index (χ0) is 24.6. The number of unbranched alkanes of at least 4 members (excludes halogenated alkanes) is 1. The standard InChI is InChI=1S/C19H21F3N8O4/c20-19(21,22)34-15-5-3-4-13(8-15)9-23-17(31)16-12-30(28-26-16)7-2-1-6-29-11-14(25-27-29)10-24-18(32)33/h3-5,8,11-12,24H,1-2,6-7,9-10H2,(H,23,31)(H,32,33). The number of amides is 2. The highest BCUT2D eigenvalue weighted by Gasteiger charge is 2.31. The molecule has 3 aromatic rings. The van der Waals surface area contributed by atoms with E-state index in [0.29, 0.717) is 30.8 Å². The largest absolute Gasteiger partial charge is 0.573 e. The van der Waals surface area contributed by atoms with E-state index >= 15 is 0 Å². The summed E-state index contributed by atoms with van der Waals surface area (Å²) in [6.07, 6.45) is -1.37. The van der Waals surface area contributed by atoms with Crippen molar-refractivity contribution in [3.05, 3.63) is 53.6 Å². The normalized spacial score (nSPS) is 11.3. The van der Waals surface area contributed by atoms with Gasteiger partial charge in [0, 0.05) is 19.6 Å². The van der Waals surface area contributed by atoms with Crippen molar-refractivity contribution in [2.75, 3.05) is 0 Å². The molecule has 2 heterocycles. The summed E-state index contributed by atoms with van der Waals surface area (Å²) in [4.78, 5) is 22.7.